The average molecular weight is 407 g/mol. The quantitative estimate of drug-likeness (QED) is 0.601. The fraction of sp³-hybridized carbons (Fsp3) is 0.273. The Kier molecular flexibility index (Phi) is 5.56. The van der Waals surface area contributed by atoms with E-state index in [2.05, 4.69) is 20.3 Å². The molecule has 1 amide bonds. The minimum atomic E-state index is -0.530. The van der Waals surface area contributed by atoms with E-state index in [1.807, 2.05) is 18.2 Å². The molecular weight excluding hydrogens is 385 g/mol. The van der Waals surface area contributed by atoms with E-state index < -0.39 is 5.82 Å². The molecular formula is C22H22FN5O2. The number of nitrogens with zero attached hydrogens (tertiary/aromatic N) is 2. The van der Waals surface area contributed by atoms with E-state index in [9.17, 15) is 14.0 Å². The molecule has 30 heavy (non-hydrogen) atoms. The normalized spacial score (nSPS) is 18.7. The number of primary amides is 1. The molecule has 0 spiro atoms. The molecule has 4 N–H and O–H groups in total. The van der Waals surface area contributed by atoms with Crippen molar-refractivity contribution in [1.29, 1.82) is 0 Å². The number of amides is 1. The zero-order chi connectivity index (χ0) is 21.1. The largest absolute Gasteiger partial charge is 0.369 e. The van der Waals surface area contributed by atoms with Crippen LogP contribution in [0.2, 0.25) is 0 Å². The molecule has 4 rings (SSSR count). The Labute approximate surface area is 172 Å². The number of pyridine rings is 1. The number of H-pyrrole nitrogens is 1. The number of nitrogens with two attached hydrogens (primary N) is 1. The Morgan fingerprint density at radius 2 is 2.00 bits per heavy atom. The molecule has 0 bridgehead atoms. The number of carbonyl (C=O) groups excluding carboxylic acids is 1. The lowest BCUT2D eigenvalue weighted by molar-refractivity contribution is -0.122. The first kappa shape index (κ1) is 19.8. The molecule has 0 radical (unpaired) electrons. The third-order valence-corrected chi connectivity index (χ3v) is 5.41. The molecule has 8 heteroatoms. The van der Waals surface area contributed by atoms with Gasteiger partial charge in [0, 0.05) is 29.8 Å². The molecule has 1 aromatic carbocycles. The molecule has 0 aliphatic heterocycles. The number of benzene rings is 1. The predicted molar refractivity (Wildman–Crippen MR) is 112 cm³/mol. The van der Waals surface area contributed by atoms with Crippen LogP contribution in [-0.4, -0.2) is 26.9 Å². The Hall–Kier alpha value is -3.55. The van der Waals surface area contributed by atoms with E-state index in [1.165, 1.54) is 6.07 Å². The third kappa shape index (κ3) is 4.37. The molecule has 2 atom stereocenters. The van der Waals surface area contributed by atoms with Gasteiger partial charge >= 0.3 is 0 Å². The first-order chi connectivity index (χ1) is 14.5. The Morgan fingerprint density at radius 3 is 2.77 bits per heavy atom. The number of aromatic amines is 1. The molecule has 1 fully saturated rings. The van der Waals surface area contributed by atoms with Gasteiger partial charge in [-0.05, 0) is 42.5 Å². The standard InChI is InChI=1S/C22H22FN5O2/c23-18-12-26-22(27-17-6-2-5-15(10-17)21(24)30)28-20(18)14-4-1-3-13(9-14)16-7-8-19(29)25-11-16/h1,3-4,7-9,11-12,15,17H,2,5-6,10H2,(H2,24,30)(H,25,29)(H,26,27,28)/t15-,17+/m0/s1. The van der Waals surface area contributed by atoms with Gasteiger partial charge in [0.15, 0.2) is 5.82 Å². The van der Waals surface area contributed by atoms with Crippen LogP contribution in [0, 0.1) is 11.7 Å². The number of aromatic nitrogens is 3. The maximum absolute atomic E-state index is 14.5. The van der Waals surface area contributed by atoms with Crippen LogP contribution in [0.15, 0.2) is 53.6 Å². The summed E-state index contributed by atoms with van der Waals surface area (Å²) in [6.45, 7) is 0. The van der Waals surface area contributed by atoms with Crippen molar-refractivity contribution in [3.05, 3.63) is 65.0 Å². The van der Waals surface area contributed by atoms with E-state index in [1.54, 1.807) is 18.3 Å². The molecule has 2 aromatic heterocycles. The lowest BCUT2D eigenvalue weighted by Gasteiger charge is -2.27. The van der Waals surface area contributed by atoms with Gasteiger partial charge in [-0.3, -0.25) is 9.59 Å². The van der Waals surface area contributed by atoms with Gasteiger partial charge in [0.25, 0.3) is 0 Å². The minimum absolute atomic E-state index is 0.0158. The van der Waals surface area contributed by atoms with Gasteiger partial charge in [0.05, 0.1) is 6.20 Å². The molecule has 1 saturated carbocycles. The molecule has 0 unspecified atom stereocenters. The lowest BCUT2D eigenvalue weighted by atomic mass is 9.85. The highest BCUT2D eigenvalue weighted by molar-refractivity contribution is 5.76. The number of nitrogens with one attached hydrogen (secondary N) is 2. The van der Waals surface area contributed by atoms with E-state index in [-0.39, 0.29) is 29.1 Å². The number of hydrogen-bond donors (Lipinski definition) is 3. The molecule has 1 aliphatic carbocycles. The van der Waals surface area contributed by atoms with Crippen LogP contribution >= 0.6 is 0 Å². The van der Waals surface area contributed by atoms with E-state index in [0.29, 0.717) is 17.9 Å². The second-order valence-corrected chi connectivity index (χ2v) is 7.52. The van der Waals surface area contributed by atoms with Gasteiger partial charge in [-0.25, -0.2) is 14.4 Å². The second-order valence-electron chi connectivity index (χ2n) is 7.52. The summed E-state index contributed by atoms with van der Waals surface area (Å²) >= 11 is 0. The maximum atomic E-state index is 14.5. The van der Waals surface area contributed by atoms with E-state index in [0.717, 1.165) is 36.6 Å². The summed E-state index contributed by atoms with van der Waals surface area (Å²) in [6.07, 6.45) is 5.94. The van der Waals surface area contributed by atoms with E-state index in [4.69, 9.17) is 5.73 Å². The van der Waals surface area contributed by atoms with Gasteiger partial charge in [-0.15, -0.1) is 0 Å². The maximum Gasteiger partial charge on any atom is 0.247 e. The second kappa shape index (κ2) is 8.44. The van der Waals surface area contributed by atoms with E-state index >= 15 is 0 Å². The molecule has 3 aromatic rings. The SMILES string of the molecule is NC(=O)[C@H]1CCC[C@@H](Nc2ncc(F)c(-c3cccc(-c4ccc(=O)[nH]c4)c3)n2)C1. The van der Waals surface area contributed by atoms with Crippen molar-refractivity contribution in [1.82, 2.24) is 15.0 Å². The third-order valence-electron chi connectivity index (χ3n) is 5.41. The van der Waals surface area contributed by atoms with Crippen molar-refractivity contribution in [2.45, 2.75) is 31.7 Å². The molecule has 2 heterocycles. The highest BCUT2D eigenvalue weighted by Gasteiger charge is 2.26. The van der Waals surface area contributed by atoms with Crippen molar-refractivity contribution in [2.75, 3.05) is 5.32 Å². The molecule has 0 saturated heterocycles. The van der Waals surface area contributed by atoms with Crippen LogP contribution in [0.4, 0.5) is 10.3 Å². The van der Waals surface area contributed by atoms with Gasteiger partial charge < -0.3 is 16.0 Å². The highest BCUT2D eigenvalue weighted by atomic mass is 19.1. The van der Waals surface area contributed by atoms with Crippen LogP contribution in [0.5, 0.6) is 0 Å². The first-order valence-electron chi connectivity index (χ1n) is 9.87. The Balaban J connectivity index is 1.59. The van der Waals surface area contributed by atoms with Crippen molar-refractivity contribution in [2.24, 2.45) is 11.7 Å². The predicted octanol–water partition coefficient (Wildman–Crippen LogP) is 3.09. The molecule has 7 nitrogen and oxygen atoms in total. The fourth-order valence-electron chi connectivity index (χ4n) is 3.84. The van der Waals surface area contributed by atoms with Crippen LogP contribution in [-0.2, 0) is 4.79 Å². The smallest absolute Gasteiger partial charge is 0.247 e. The Morgan fingerprint density at radius 1 is 1.17 bits per heavy atom. The number of halogens is 1. The number of carbonyl (C=O) groups is 1. The van der Waals surface area contributed by atoms with Gasteiger partial charge in [-0.2, -0.15) is 0 Å². The summed E-state index contributed by atoms with van der Waals surface area (Å²) in [5, 5.41) is 3.22. The summed E-state index contributed by atoms with van der Waals surface area (Å²) in [5.41, 5.74) is 7.67. The van der Waals surface area contributed by atoms with Crippen molar-refractivity contribution in [3.8, 4) is 22.4 Å². The van der Waals surface area contributed by atoms with Crippen molar-refractivity contribution >= 4 is 11.9 Å². The van der Waals surface area contributed by atoms with Crippen LogP contribution < -0.4 is 16.6 Å². The Bertz CT molecular complexity index is 1110. The summed E-state index contributed by atoms with van der Waals surface area (Å²) in [5.74, 6) is -0.666. The minimum Gasteiger partial charge on any atom is -0.369 e. The number of anilines is 1. The summed E-state index contributed by atoms with van der Waals surface area (Å²) in [4.78, 5) is 33.9. The summed E-state index contributed by atoms with van der Waals surface area (Å²) < 4.78 is 14.5. The zero-order valence-electron chi connectivity index (χ0n) is 16.3. The topological polar surface area (TPSA) is 114 Å². The van der Waals surface area contributed by atoms with Crippen LogP contribution in [0.25, 0.3) is 22.4 Å². The van der Waals surface area contributed by atoms with Crippen molar-refractivity contribution in [3.63, 3.8) is 0 Å². The first-order valence-corrected chi connectivity index (χ1v) is 9.87. The highest BCUT2D eigenvalue weighted by Crippen LogP contribution is 2.29. The van der Waals surface area contributed by atoms with Gasteiger partial charge in [0.2, 0.25) is 17.4 Å². The van der Waals surface area contributed by atoms with Crippen LogP contribution in [0.3, 0.4) is 0 Å². The van der Waals surface area contributed by atoms with Gasteiger partial charge in [0.1, 0.15) is 5.69 Å². The monoisotopic (exact) mass is 407 g/mol. The zero-order valence-corrected chi connectivity index (χ0v) is 16.3. The number of rotatable bonds is 5. The summed E-state index contributed by atoms with van der Waals surface area (Å²) in [7, 11) is 0. The van der Waals surface area contributed by atoms with Crippen LogP contribution in [0.1, 0.15) is 25.7 Å². The van der Waals surface area contributed by atoms with Gasteiger partial charge in [-0.1, -0.05) is 24.6 Å². The lowest BCUT2D eigenvalue weighted by Crippen LogP contribution is -2.34. The average Bonchev–Trinajstić information content (AvgIpc) is 2.76. The molecule has 1 aliphatic rings. The fourth-order valence-corrected chi connectivity index (χ4v) is 3.84. The summed E-state index contributed by atoms with van der Waals surface area (Å²) in [6, 6.07) is 10.4. The number of hydrogen-bond acceptors (Lipinski definition) is 5. The molecule has 154 valence electrons. The van der Waals surface area contributed by atoms with Crippen molar-refractivity contribution < 1.29 is 9.18 Å².